The fourth-order valence-corrected chi connectivity index (χ4v) is 6.32. The van der Waals surface area contributed by atoms with Crippen molar-refractivity contribution in [3.63, 3.8) is 0 Å². The minimum atomic E-state index is -0.868. The molecule has 0 aliphatic heterocycles. The van der Waals surface area contributed by atoms with Crippen LogP contribution >= 0.6 is 0 Å². The first-order valence-electron chi connectivity index (χ1n) is 12.1. The molecule has 0 fully saturated rings. The van der Waals surface area contributed by atoms with Crippen molar-refractivity contribution in [3.8, 4) is 34.1 Å². The number of hydrogen-bond donors (Lipinski definition) is 4. The minimum Gasteiger partial charge on any atom is -0.508 e. The Bertz CT molecular complexity index is 1750. The fourth-order valence-electron chi connectivity index (χ4n) is 6.32. The Labute approximate surface area is 213 Å². The van der Waals surface area contributed by atoms with Gasteiger partial charge >= 0.3 is 0 Å². The molecule has 0 spiro atoms. The smallest absolute Gasteiger partial charge is 0.127 e. The van der Waals surface area contributed by atoms with Gasteiger partial charge in [-0.05, 0) is 56.3 Å². The van der Waals surface area contributed by atoms with Crippen LogP contribution in [0.2, 0.25) is 0 Å². The van der Waals surface area contributed by atoms with Gasteiger partial charge in [0.25, 0.3) is 0 Å². The van der Waals surface area contributed by atoms with Gasteiger partial charge in [0.2, 0.25) is 0 Å². The molecule has 178 valence electrons. The summed E-state index contributed by atoms with van der Waals surface area (Å²) in [6.45, 7) is 0. The highest BCUT2D eigenvalue weighted by Gasteiger charge is 2.47. The zero-order valence-corrected chi connectivity index (χ0v) is 19.7. The van der Waals surface area contributed by atoms with Gasteiger partial charge in [0.1, 0.15) is 23.0 Å². The predicted molar refractivity (Wildman–Crippen MR) is 145 cm³/mol. The number of rotatable bonds is 2. The highest BCUT2D eigenvalue weighted by atomic mass is 16.3. The van der Waals surface area contributed by atoms with Crippen molar-refractivity contribution >= 4 is 21.5 Å². The summed E-state index contributed by atoms with van der Waals surface area (Å²) in [5.41, 5.74) is 5.14. The first kappa shape index (κ1) is 21.3. The molecule has 37 heavy (non-hydrogen) atoms. The zero-order chi connectivity index (χ0) is 25.3. The molecule has 1 aliphatic carbocycles. The van der Waals surface area contributed by atoms with E-state index >= 15 is 0 Å². The van der Waals surface area contributed by atoms with Crippen molar-refractivity contribution in [3.05, 3.63) is 131 Å². The lowest BCUT2D eigenvalue weighted by molar-refractivity contribution is 0.454. The van der Waals surface area contributed by atoms with Crippen LogP contribution in [0.4, 0.5) is 0 Å². The van der Waals surface area contributed by atoms with Gasteiger partial charge in [-0.1, -0.05) is 84.9 Å². The maximum atomic E-state index is 10.8. The van der Waals surface area contributed by atoms with E-state index in [4.69, 9.17) is 0 Å². The van der Waals surface area contributed by atoms with Crippen molar-refractivity contribution in [1.82, 2.24) is 0 Å². The molecule has 0 amide bonds. The molecule has 7 rings (SSSR count). The summed E-state index contributed by atoms with van der Waals surface area (Å²) < 4.78 is 0. The zero-order valence-electron chi connectivity index (χ0n) is 19.7. The molecular formula is C33H22O4. The minimum absolute atomic E-state index is 0.000208. The molecular weight excluding hydrogens is 460 g/mol. The number of aromatic hydroxyl groups is 4. The highest BCUT2D eigenvalue weighted by Crippen LogP contribution is 2.59. The van der Waals surface area contributed by atoms with Crippen molar-refractivity contribution in [2.24, 2.45) is 0 Å². The van der Waals surface area contributed by atoms with Crippen LogP contribution in [0.1, 0.15) is 22.3 Å². The second-order valence-electron chi connectivity index (χ2n) is 9.57. The van der Waals surface area contributed by atoms with Gasteiger partial charge in [0.15, 0.2) is 0 Å². The van der Waals surface area contributed by atoms with Crippen LogP contribution in [0.3, 0.4) is 0 Å². The maximum Gasteiger partial charge on any atom is 0.127 e. The van der Waals surface area contributed by atoms with Crippen molar-refractivity contribution in [1.29, 1.82) is 0 Å². The Morgan fingerprint density at radius 2 is 0.784 bits per heavy atom. The molecule has 0 atom stereocenters. The molecule has 0 saturated heterocycles. The SMILES string of the molecule is Oc1cc(O)c2cccc(C3(c4cccc5c(O)cc(O)cc45)c4ccccc4-c4ccccc43)c2c1. The Morgan fingerprint density at radius 3 is 1.24 bits per heavy atom. The summed E-state index contributed by atoms with van der Waals surface area (Å²) in [7, 11) is 0. The van der Waals surface area contributed by atoms with Gasteiger partial charge in [-0.15, -0.1) is 0 Å². The number of hydrogen-bond acceptors (Lipinski definition) is 4. The lowest BCUT2D eigenvalue weighted by Gasteiger charge is -2.36. The van der Waals surface area contributed by atoms with E-state index in [0.29, 0.717) is 21.5 Å². The third kappa shape index (κ3) is 2.78. The monoisotopic (exact) mass is 482 g/mol. The molecule has 0 aromatic heterocycles. The summed E-state index contributed by atoms with van der Waals surface area (Å²) in [6, 6.07) is 34.2. The van der Waals surface area contributed by atoms with Crippen LogP contribution in [0.25, 0.3) is 32.7 Å². The van der Waals surface area contributed by atoms with Crippen LogP contribution in [0.5, 0.6) is 23.0 Å². The van der Waals surface area contributed by atoms with Gasteiger partial charge < -0.3 is 20.4 Å². The van der Waals surface area contributed by atoms with Gasteiger partial charge in [0.05, 0.1) is 5.41 Å². The molecule has 4 N–H and O–H groups in total. The first-order valence-corrected chi connectivity index (χ1v) is 12.1. The van der Waals surface area contributed by atoms with E-state index in [1.54, 1.807) is 12.1 Å². The van der Waals surface area contributed by atoms with Crippen LogP contribution in [0.15, 0.2) is 109 Å². The number of phenols is 4. The summed E-state index contributed by atoms with van der Waals surface area (Å²) in [5, 5.41) is 45.3. The predicted octanol–water partition coefficient (Wildman–Crippen LogP) is 7.18. The van der Waals surface area contributed by atoms with E-state index in [1.165, 1.54) is 12.1 Å². The Kier molecular flexibility index (Phi) is 4.33. The molecule has 0 unspecified atom stereocenters. The molecule has 0 bridgehead atoms. The standard InChI is InChI=1S/C33H22O4/c34-19-15-25-23(31(36)17-19)9-5-13-29(25)33(30-14-6-10-24-26(30)16-20(35)18-32(24)37)27-11-3-1-7-21(27)22-8-2-4-12-28(22)33/h1-18,34-37H. The quantitative estimate of drug-likeness (QED) is 0.210. The Morgan fingerprint density at radius 1 is 0.378 bits per heavy atom. The lowest BCUT2D eigenvalue weighted by Crippen LogP contribution is -2.29. The average Bonchev–Trinajstić information content (AvgIpc) is 3.19. The van der Waals surface area contributed by atoms with Gasteiger partial charge in [0, 0.05) is 22.9 Å². The molecule has 6 aromatic carbocycles. The second-order valence-corrected chi connectivity index (χ2v) is 9.57. The van der Waals surface area contributed by atoms with E-state index in [1.807, 2.05) is 60.7 Å². The molecule has 0 saturated carbocycles. The number of benzene rings is 6. The second kappa shape index (κ2) is 7.52. The summed E-state index contributed by atoms with van der Waals surface area (Å²) in [6.07, 6.45) is 0. The summed E-state index contributed by atoms with van der Waals surface area (Å²) in [5.74, 6) is -0.0553. The number of phenolic OH excluding ortho intramolecular Hbond substituents is 4. The summed E-state index contributed by atoms with van der Waals surface area (Å²) >= 11 is 0. The maximum absolute atomic E-state index is 10.8. The van der Waals surface area contributed by atoms with E-state index in [9.17, 15) is 20.4 Å². The van der Waals surface area contributed by atoms with E-state index in [2.05, 4.69) is 24.3 Å². The molecule has 1 aliphatic rings. The Hall–Kier alpha value is -4.96. The largest absolute Gasteiger partial charge is 0.508 e. The van der Waals surface area contributed by atoms with Crippen molar-refractivity contribution < 1.29 is 20.4 Å². The van der Waals surface area contributed by atoms with Gasteiger partial charge in [-0.25, -0.2) is 0 Å². The fraction of sp³-hybridized carbons (Fsp3) is 0.0303. The van der Waals surface area contributed by atoms with E-state index < -0.39 is 5.41 Å². The molecule has 0 radical (unpaired) electrons. The molecule has 4 heteroatoms. The number of fused-ring (bicyclic) bond motifs is 5. The molecule has 0 heterocycles. The first-order chi connectivity index (χ1) is 18.0. The third-order valence-electron chi connectivity index (χ3n) is 7.68. The lowest BCUT2D eigenvalue weighted by atomic mass is 9.65. The van der Waals surface area contributed by atoms with Crippen LogP contribution < -0.4 is 0 Å². The van der Waals surface area contributed by atoms with Crippen molar-refractivity contribution in [2.45, 2.75) is 5.41 Å². The topological polar surface area (TPSA) is 80.9 Å². The average molecular weight is 483 g/mol. The van der Waals surface area contributed by atoms with Crippen LogP contribution in [-0.4, -0.2) is 20.4 Å². The molecule has 4 nitrogen and oxygen atoms in total. The Balaban J connectivity index is 1.77. The van der Waals surface area contributed by atoms with Crippen LogP contribution in [0, 0.1) is 0 Å². The summed E-state index contributed by atoms with van der Waals surface area (Å²) in [4.78, 5) is 0. The normalized spacial score (nSPS) is 13.5. The highest BCUT2D eigenvalue weighted by molar-refractivity contribution is 6.01. The van der Waals surface area contributed by atoms with Gasteiger partial charge in [-0.2, -0.15) is 0 Å². The molecule has 6 aromatic rings. The van der Waals surface area contributed by atoms with E-state index in [-0.39, 0.29) is 23.0 Å². The van der Waals surface area contributed by atoms with E-state index in [0.717, 1.165) is 33.4 Å². The van der Waals surface area contributed by atoms with Crippen LogP contribution in [-0.2, 0) is 5.41 Å². The third-order valence-corrected chi connectivity index (χ3v) is 7.68. The van der Waals surface area contributed by atoms with Gasteiger partial charge in [-0.3, -0.25) is 0 Å². The van der Waals surface area contributed by atoms with Crippen molar-refractivity contribution in [2.75, 3.05) is 0 Å².